The summed E-state index contributed by atoms with van der Waals surface area (Å²) in [6.45, 7) is 4.37. The predicted molar refractivity (Wildman–Crippen MR) is 120 cm³/mol. The van der Waals surface area contributed by atoms with Gasteiger partial charge in [-0.1, -0.05) is 30.8 Å². The molecule has 0 aliphatic carbocycles. The Morgan fingerprint density at radius 1 is 1.23 bits per heavy atom. The van der Waals surface area contributed by atoms with Crippen molar-refractivity contribution in [2.75, 3.05) is 6.61 Å². The maximum Gasteiger partial charge on any atom is 0.223 e. The van der Waals surface area contributed by atoms with Gasteiger partial charge in [-0.2, -0.15) is 0 Å². The van der Waals surface area contributed by atoms with Crippen LogP contribution in [0.1, 0.15) is 24.9 Å². The minimum absolute atomic E-state index is 0.135. The number of aromatic amines is 1. The summed E-state index contributed by atoms with van der Waals surface area (Å²) in [5.41, 5.74) is 2.55. The maximum atomic E-state index is 13.3. The average molecular weight is 442 g/mol. The highest BCUT2D eigenvalue weighted by molar-refractivity contribution is 7.98. The lowest BCUT2D eigenvalue weighted by Crippen LogP contribution is -2.09. The first-order valence-electron chi connectivity index (χ1n) is 9.54. The number of hydrogen-bond acceptors (Lipinski definition) is 6. The number of fused-ring (bicyclic) bond motifs is 1. The van der Waals surface area contributed by atoms with Crippen molar-refractivity contribution in [1.82, 2.24) is 15.0 Å². The zero-order chi connectivity index (χ0) is 21.1. The third-order valence-electron chi connectivity index (χ3n) is 4.43. The van der Waals surface area contributed by atoms with Crippen LogP contribution >= 0.6 is 23.1 Å². The molecule has 0 unspecified atom stereocenters. The molecule has 5 nitrogen and oxygen atoms in total. The van der Waals surface area contributed by atoms with Crippen LogP contribution in [0.5, 0.6) is 5.75 Å². The summed E-state index contributed by atoms with van der Waals surface area (Å²) in [6, 6.07) is 7.99. The third-order valence-corrected chi connectivity index (χ3v) is 6.33. The molecule has 30 heavy (non-hydrogen) atoms. The monoisotopic (exact) mass is 441 g/mol. The molecule has 0 fully saturated rings. The number of rotatable bonds is 7. The quantitative estimate of drug-likeness (QED) is 0.300. The van der Waals surface area contributed by atoms with Crippen molar-refractivity contribution in [3.8, 4) is 16.9 Å². The van der Waals surface area contributed by atoms with Crippen molar-refractivity contribution in [1.29, 1.82) is 0 Å². The number of thioether (sulfide) groups is 1. The minimum Gasteiger partial charge on any atom is -0.488 e. The van der Waals surface area contributed by atoms with Gasteiger partial charge >= 0.3 is 0 Å². The van der Waals surface area contributed by atoms with Crippen LogP contribution in [0.4, 0.5) is 4.39 Å². The van der Waals surface area contributed by atoms with Gasteiger partial charge in [0.2, 0.25) is 5.43 Å². The van der Waals surface area contributed by atoms with Gasteiger partial charge in [-0.15, -0.1) is 11.3 Å². The molecule has 0 bridgehead atoms. The zero-order valence-corrected chi connectivity index (χ0v) is 18.2. The van der Waals surface area contributed by atoms with Gasteiger partial charge in [-0.05, 0) is 31.0 Å². The zero-order valence-electron chi connectivity index (χ0n) is 16.6. The molecule has 1 N–H and O–H groups in total. The van der Waals surface area contributed by atoms with Crippen LogP contribution in [0.15, 0.2) is 51.7 Å². The lowest BCUT2D eigenvalue weighted by atomic mass is 10.1. The minimum atomic E-state index is -0.268. The Kier molecular flexibility index (Phi) is 6.15. The Morgan fingerprint density at radius 2 is 2.03 bits per heavy atom. The topological polar surface area (TPSA) is 67.9 Å². The van der Waals surface area contributed by atoms with Crippen LogP contribution in [-0.4, -0.2) is 21.6 Å². The Balaban J connectivity index is 1.64. The number of nitrogens with one attached hydrogen (secondary N) is 1. The molecule has 0 saturated carbocycles. The van der Waals surface area contributed by atoms with Crippen LogP contribution in [0, 0.1) is 12.7 Å². The van der Waals surface area contributed by atoms with E-state index in [1.165, 1.54) is 23.9 Å². The molecule has 4 aromatic rings. The SMILES string of the molecule is CCCOc1c[nH]c(CSc2nc(C)nc3scc(-c4ccc(F)cc4)c23)cc1=O. The molecule has 4 rings (SSSR count). The van der Waals surface area contributed by atoms with Gasteiger partial charge in [0.25, 0.3) is 0 Å². The van der Waals surface area contributed by atoms with Crippen molar-refractivity contribution in [3.05, 3.63) is 69.5 Å². The molecule has 0 spiro atoms. The summed E-state index contributed by atoms with van der Waals surface area (Å²) in [7, 11) is 0. The van der Waals surface area contributed by atoms with Crippen molar-refractivity contribution in [2.24, 2.45) is 0 Å². The van der Waals surface area contributed by atoms with Gasteiger partial charge in [0, 0.05) is 34.7 Å². The fraction of sp³-hybridized carbons (Fsp3) is 0.227. The van der Waals surface area contributed by atoms with Gasteiger partial charge in [0.05, 0.1) is 12.0 Å². The van der Waals surface area contributed by atoms with E-state index in [0.717, 1.165) is 38.5 Å². The fourth-order valence-electron chi connectivity index (χ4n) is 3.01. The number of H-pyrrole nitrogens is 1. The van der Waals surface area contributed by atoms with E-state index in [2.05, 4.69) is 15.0 Å². The van der Waals surface area contributed by atoms with E-state index in [1.54, 1.807) is 35.7 Å². The van der Waals surface area contributed by atoms with Crippen LogP contribution in [0.3, 0.4) is 0 Å². The second-order valence-corrected chi connectivity index (χ2v) is 8.56. The fourth-order valence-corrected chi connectivity index (χ4v) is 5.08. The number of hydrogen-bond donors (Lipinski definition) is 1. The molecule has 3 aromatic heterocycles. The van der Waals surface area contributed by atoms with Crippen LogP contribution in [0.25, 0.3) is 21.3 Å². The molecule has 154 valence electrons. The molecule has 0 radical (unpaired) electrons. The number of aromatic nitrogens is 3. The van der Waals surface area contributed by atoms with E-state index in [0.29, 0.717) is 23.9 Å². The Morgan fingerprint density at radius 3 is 2.77 bits per heavy atom. The summed E-state index contributed by atoms with van der Waals surface area (Å²) in [4.78, 5) is 25.5. The Bertz CT molecular complexity index is 1240. The summed E-state index contributed by atoms with van der Waals surface area (Å²) < 4.78 is 18.8. The largest absolute Gasteiger partial charge is 0.488 e. The van der Waals surface area contributed by atoms with E-state index in [4.69, 9.17) is 4.74 Å². The summed E-state index contributed by atoms with van der Waals surface area (Å²) >= 11 is 3.08. The van der Waals surface area contributed by atoms with Gasteiger partial charge in [-0.3, -0.25) is 4.79 Å². The van der Waals surface area contributed by atoms with Gasteiger partial charge in [-0.25, -0.2) is 14.4 Å². The smallest absolute Gasteiger partial charge is 0.223 e. The molecule has 8 heteroatoms. The van der Waals surface area contributed by atoms with Gasteiger partial charge in [0.1, 0.15) is 21.5 Å². The lowest BCUT2D eigenvalue weighted by Gasteiger charge is -2.08. The van der Waals surface area contributed by atoms with E-state index >= 15 is 0 Å². The summed E-state index contributed by atoms with van der Waals surface area (Å²) in [5, 5.41) is 3.82. The lowest BCUT2D eigenvalue weighted by molar-refractivity contribution is 0.313. The highest BCUT2D eigenvalue weighted by atomic mass is 32.2. The van der Waals surface area contributed by atoms with E-state index < -0.39 is 0 Å². The Hall–Kier alpha value is -2.71. The first-order chi connectivity index (χ1) is 14.5. The molecule has 0 atom stereocenters. The molecule has 1 aromatic carbocycles. The highest BCUT2D eigenvalue weighted by Crippen LogP contribution is 2.39. The average Bonchev–Trinajstić information content (AvgIpc) is 3.15. The van der Waals surface area contributed by atoms with Crippen molar-refractivity contribution in [2.45, 2.75) is 31.0 Å². The number of halogens is 1. The third kappa shape index (κ3) is 4.39. The van der Waals surface area contributed by atoms with E-state index in [1.807, 2.05) is 19.2 Å². The molecular weight excluding hydrogens is 421 g/mol. The van der Waals surface area contributed by atoms with E-state index in [-0.39, 0.29) is 11.2 Å². The van der Waals surface area contributed by atoms with Crippen LogP contribution < -0.4 is 10.2 Å². The second-order valence-electron chi connectivity index (χ2n) is 6.74. The first-order valence-corrected chi connectivity index (χ1v) is 11.4. The normalized spacial score (nSPS) is 11.2. The molecule has 0 aliphatic rings. The maximum absolute atomic E-state index is 13.3. The number of thiophene rings is 1. The summed E-state index contributed by atoms with van der Waals surface area (Å²) in [6.07, 6.45) is 2.46. The van der Waals surface area contributed by atoms with Gasteiger partial charge in [0.15, 0.2) is 5.75 Å². The molecular formula is C22H20FN3O2S2. The first kappa shape index (κ1) is 20.6. The van der Waals surface area contributed by atoms with E-state index in [9.17, 15) is 9.18 Å². The number of ether oxygens (including phenoxy) is 1. The van der Waals surface area contributed by atoms with Gasteiger partial charge < -0.3 is 9.72 Å². The standard InChI is InChI=1S/C22H20FN3O2S2/c1-3-8-28-19-10-24-16(9-18(19)27)11-29-21-20-17(14-4-6-15(23)7-5-14)12-30-22(20)26-13(2)25-21/h4-7,9-10,12H,3,8,11H2,1-2H3,(H,24,27). The van der Waals surface area contributed by atoms with Crippen molar-refractivity contribution in [3.63, 3.8) is 0 Å². The number of nitrogens with zero attached hydrogens (tertiary/aromatic N) is 2. The number of aryl methyl sites for hydroxylation is 1. The molecule has 0 saturated heterocycles. The highest BCUT2D eigenvalue weighted by Gasteiger charge is 2.15. The predicted octanol–water partition coefficient (Wildman–Crippen LogP) is 5.58. The molecule has 3 heterocycles. The summed E-state index contributed by atoms with van der Waals surface area (Å²) in [5.74, 6) is 1.31. The van der Waals surface area contributed by atoms with Crippen molar-refractivity contribution >= 4 is 33.3 Å². The Labute approximate surface area is 181 Å². The number of benzene rings is 1. The molecule has 0 amide bonds. The van der Waals surface area contributed by atoms with Crippen molar-refractivity contribution < 1.29 is 9.13 Å². The molecule has 0 aliphatic heterocycles. The second kappa shape index (κ2) is 8.97. The van der Waals surface area contributed by atoms with Crippen LogP contribution in [0.2, 0.25) is 0 Å². The number of pyridine rings is 1. The van der Waals surface area contributed by atoms with Crippen LogP contribution in [-0.2, 0) is 5.75 Å².